The fraction of sp³-hybridized carbons (Fsp3) is 0.353. The lowest BCUT2D eigenvalue weighted by Gasteiger charge is -2.23. The zero-order chi connectivity index (χ0) is 17.5. The van der Waals surface area contributed by atoms with Gasteiger partial charge in [-0.15, -0.1) is 0 Å². The second-order valence-corrected chi connectivity index (χ2v) is 7.58. The highest BCUT2D eigenvalue weighted by Crippen LogP contribution is 2.36. The molecular weight excluding hydrogens is 344 g/mol. The number of nitrogens with one attached hydrogen (secondary N) is 2. The quantitative estimate of drug-likeness (QED) is 0.653. The lowest BCUT2D eigenvalue weighted by atomic mass is 9.86. The van der Waals surface area contributed by atoms with Crippen molar-refractivity contribution in [1.29, 1.82) is 0 Å². The number of aryl methyl sites for hydroxylation is 1. The first kappa shape index (κ1) is 16.9. The average molecular weight is 363 g/mol. The minimum absolute atomic E-state index is 0.0741. The van der Waals surface area contributed by atoms with Crippen molar-refractivity contribution in [3.8, 4) is 5.75 Å². The van der Waals surface area contributed by atoms with Gasteiger partial charge in [0.25, 0.3) is 0 Å². The molecule has 0 unspecified atom stereocenters. The van der Waals surface area contributed by atoms with Crippen LogP contribution in [0.15, 0.2) is 18.3 Å². The molecule has 0 aliphatic carbocycles. The standard InChI is InChI=1S/C17H19ClN4OS/c1-9-5-14(11(6-12(9)18)17(2,3)4)23-8-13-10-7-19-16(24)20-15(10)22-21-13/h5-7H,8H2,1-4H3,(H2,19,20,21,22,24). The van der Waals surface area contributed by atoms with E-state index in [2.05, 4.69) is 40.9 Å². The van der Waals surface area contributed by atoms with Crippen molar-refractivity contribution in [3.05, 3.63) is 44.9 Å². The van der Waals surface area contributed by atoms with Crippen LogP contribution in [0, 0.1) is 11.7 Å². The van der Waals surface area contributed by atoms with Crippen molar-refractivity contribution in [2.75, 3.05) is 0 Å². The minimum Gasteiger partial charge on any atom is -0.487 e. The maximum atomic E-state index is 6.29. The number of hydrogen-bond donors (Lipinski definition) is 2. The van der Waals surface area contributed by atoms with Gasteiger partial charge >= 0.3 is 0 Å². The predicted octanol–water partition coefficient (Wildman–Crippen LogP) is 4.85. The maximum Gasteiger partial charge on any atom is 0.198 e. The molecule has 0 atom stereocenters. The van der Waals surface area contributed by atoms with Crippen LogP contribution in [0.1, 0.15) is 37.6 Å². The summed E-state index contributed by atoms with van der Waals surface area (Å²) >= 11 is 11.3. The number of fused-ring (bicyclic) bond motifs is 1. The Morgan fingerprint density at radius 2 is 2.04 bits per heavy atom. The molecule has 1 aromatic carbocycles. The number of rotatable bonds is 3. The maximum absolute atomic E-state index is 6.29. The lowest BCUT2D eigenvalue weighted by molar-refractivity contribution is 0.294. The Morgan fingerprint density at radius 3 is 2.75 bits per heavy atom. The van der Waals surface area contributed by atoms with Crippen LogP contribution in [-0.4, -0.2) is 20.2 Å². The van der Waals surface area contributed by atoms with Crippen LogP contribution in [-0.2, 0) is 12.0 Å². The third kappa shape index (κ3) is 3.30. The number of benzene rings is 1. The summed E-state index contributed by atoms with van der Waals surface area (Å²) in [5, 5.41) is 8.80. The van der Waals surface area contributed by atoms with Crippen LogP contribution in [0.3, 0.4) is 0 Å². The van der Waals surface area contributed by atoms with Gasteiger partial charge in [0.2, 0.25) is 0 Å². The van der Waals surface area contributed by atoms with Crippen LogP contribution < -0.4 is 4.74 Å². The van der Waals surface area contributed by atoms with Crippen LogP contribution in [0.5, 0.6) is 5.75 Å². The number of hydrogen-bond acceptors (Lipinski definition) is 4. The largest absolute Gasteiger partial charge is 0.487 e. The molecule has 2 N–H and O–H groups in total. The summed E-state index contributed by atoms with van der Waals surface area (Å²) in [4.78, 5) is 7.05. The average Bonchev–Trinajstić information content (AvgIpc) is 2.89. The van der Waals surface area contributed by atoms with Crippen LogP contribution in [0.4, 0.5) is 0 Å². The molecule has 0 bridgehead atoms. The molecule has 24 heavy (non-hydrogen) atoms. The van der Waals surface area contributed by atoms with E-state index in [4.69, 9.17) is 28.6 Å². The molecule has 3 aromatic rings. The van der Waals surface area contributed by atoms with Gasteiger partial charge in [-0.05, 0) is 42.3 Å². The molecule has 5 nitrogen and oxygen atoms in total. The number of aromatic nitrogens is 4. The van der Waals surface area contributed by atoms with E-state index in [9.17, 15) is 0 Å². The van der Waals surface area contributed by atoms with E-state index < -0.39 is 0 Å². The SMILES string of the molecule is Cc1cc(OCc2[nH]nc3[nH]c(=S)ncc23)c(C(C)(C)C)cc1Cl. The van der Waals surface area contributed by atoms with Crippen LogP contribution in [0.2, 0.25) is 5.02 Å². The Kier molecular flexibility index (Phi) is 4.36. The molecule has 0 saturated carbocycles. The summed E-state index contributed by atoms with van der Waals surface area (Å²) in [5.74, 6) is 0.823. The van der Waals surface area contributed by atoms with E-state index in [-0.39, 0.29) is 5.41 Å². The Labute approximate surface area is 150 Å². The monoisotopic (exact) mass is 362 g/mol. The van der Waals surface area contributed by atoms with Gasteiger partial charge in [-0.3, -0.25) is 5.10 Å². The predicted molar refractivity (Wildman–Crippen MR) is 98.3 cm³/mol. The minimum atomic E-state index is -0.0741. The molecule has 0 radical (unpaired) electrons. The van der Waals surface area contributed by atoms with E-state index in [1.165, 1.54) is 0 Å². The summed E-state index contributed by atoms with van der Waals surface area (Å²) in [6.45, 7) is 8.73. The zero-order valence-electron chi connectivity index (χ0n) is 14.0. The second kappa shape index (κ2) is 6.18. The Balaban J connectivity index is 1.93. The fourth-order valence-electron chi connectivity index (χ4n) is 2.50. The number of halogens is 1. The Bertz CT molecular complexity index is 955. The van der Waals surface area contributed by atoms with Crippen molar-refractivity contribution >= 4 is 34.9 Å². The van der Waals surface area contributed by atoms with E-state index in [0.29, 0.717) is 17.0 Å². The van der Waals surface area contributed by atoms with Crippen LogP contribution >= 0.6 is 23.8 Å². The molecule has 0 saturated heterocycles. The Morgan fingerprint density at radius 1 is 1.29 bits per heavy atom. The van der Waals surface area contributed by atoms with E-state index >= 15 is 0 Å². The third-order valence-corrected chi connectivity index (χ3v) is 4.47. The van der Waals surface area contributed by atoms with Gasteiger partial charge in [-0.25, -0.2) is 4.98 Å². The Hall–Kier alpha value is -1.92. The molecule has 3 rings (SSSR count). The molecule has 7 heteroatoms. The number of aromatic amines is 2. The smallest absolute Gasteiger partial charge is 0.198 e. The highest BCUT2D eigenvalue weighted by Gasteiger charge is 2.21. The van der Waals surface area contributed by atoms with E-state index in [1.54, 1.807) is 6.20 Å². The van der Waals surface area contributed by atoms with Gasteiger partial charge in [-0.1, -0.05) is 32.4 Å². The zero-order valence-corrected chi connectivity index (χ0v) is 15.6. The summed E-state index contributed by atoms with van der Waals surface area (Å²) in [6.07, 6.45) is 1.70. The second-order valence-electron chi connectivity index (χ2n) is 6.79. The van der Waals surface area contributed by atoms with Crippen molar-refractivity contribution in [2.45, 2.75) is 39.7 Å². The molecule has 2 heterocycles. The molecule has 2 aromatic heterocycles. The van der Waals surface area contributed by atoms with Gasteiger partial charge in [-0.2, -0.15) is 5.10 Å². The highest BCUT2D eigenvalue weighted by atomic mass is 35.5. The first-order valence-electron chi connectivity index (χ1n) is 7.61. The third-order valence-electron chi connectivity index (χ3n) is 3.86. The van der Waals surface area contributed by atoms with Gasteiger partial charge in [0.15, 0.2) is 10.4 Å². The van der Waals surface area contributed by atoms with Gasteiger partial charge in [0.1, 0.15) is 12.4 Å². The highest BCUT2D eigenvalue weighted by molar-refractivity contribution is 7.71. The van der Waals surface area contributed by atoms with Crippen molar-refractivity contribution in [2.24, 2.45) is 0 Å². The number of nitrogens with zero attached hydrogens (tertiary/aromatic N) is 2. The fourth-order valence-corrected chi connectivity index (χ4v) is 2.81. The van der Waals surface area contributed by atoms with Crippen LogP contribution in [0.25, 0.3) is 11.0 Å². The van der Waals surface area contributed by atoms with Crippen molar-refractivity contribution in [1.82, 2.24) is 20.2 Å². The normalized spacial score (nSPS) is 11.9. The summed E-state index contributed by atoms with van der Waals surface area (Å²) < 4.78 is 6.49. The lowest BCUT2D eigenvalue weighted by Crippen LogP contribution is -2.14. The molecule has 0 fully saturated rings. The molecule has 0 aliphatic heterocycles. The van der Waals surface area contributed by atoms with Gasteiger partial charge < -0.3 is 9.72 Å². The topological polar surface area (TPSA) is 66.6 Å². The van der Waals surface area contributed by atoms with E-state index in [1.807, 2.05) is 19.1 Å². The van der Waals surface area contributed by atoms with Crippen molar-refractivity contribution < 1.29 is 4.74 Å². The molecular formula is C17H19ClN4OS. The molecule has 126 valence electrons. The number of H-pyrrole nitrogens is 2. The van der Waals surface area contributed by atoms with E-state index in [0.717, 1.165) is 33.0 Å². The van der Waals surface area contributed by atoms with Gasteiger partial charge in [0, 0.05) is 16.8 Å². The van der Waals surface area contributed by atoms with Crippen molar-refractivity contribution in [3.63, 3.8) is 0 Å². The first-order chi connectivity index (χ1) is 11.3. The summed E-state index contributed by atoms with van der Waals surface area (Å²) in [7, 11) is 0. The molecule has 0 amide bonds. The number of ether oxygens (including phenoxy) is 1. The molecule has 0 aliphatic rings. The van der Waals surface area contributed by atoms with Gasteiger partial charge in [0.05, 0.1) is 11.1 Å². The summed E-state index contributed by atoms with van der Waals surface area (Å²) in [6, 6.07) is 3.96. The summed E-state index contributed by atoms with van der Waals surface area (Å²) in [5.41, 5.74) is 3.50. The first-order valence-corrected chi connectivity index (χ1v) is 8.40. The molecule has 0 spiro atoms.